The van der Waals surface area contributed by atoms with Gasteiger partial charge in [-0.25, -0.2) is 0 Å². The number of β-amino-alcohol motifs (C(OH)–C–C–N with tert-alkyl or cyclic N) is 1. The molecule has 3 N–H and O–H groups in total. The van der Waals surface area contributed by atoms with Crippen molar-refractivity contribution in [3.05, 3.63) is 23.8 Å². The van der Waals surface area contributed by atoms with E-state index >= 15 is 0 Å². The number of aromatic hydroxyl groups is 2. The standard InChI is InChI=1S/C13H17NO4/c1-8-2-3-14(7-12(8)17)13(18)9-4-10(15)6-11(16)5-9/h4-6,8,12,15-17H,2-3,7H2,1H3. The van der Waals surface area contributed by atoms with Crippen molar-refractivity contribution in [2.24, 2.45) is 5.92 Å². The van der Waals surface area contributed by atoms with Gasteiger partial charge in [-0.05, 0) is 24.5 Å². The van der Waals surface area contributed by atoms with Gasteiger partial charge in [0.25, 0.3) is 5.91 Å². The van der Waals surface area contributed by atoms with Gasteiger partial charge in [0, 0.05) is 24.7 Å². The van der Waals surface area contributed by atoms with Crippen molar-refractivity contribution < 1.29 is 20.1 Å². The second kappa shape index (κ2) is 4.86. The van der Waals surface area contributed by atoms with E-state index in [9.17, 15) is 20.1 Å². The van der Waals surface area contributed by atoms with Crippen LogP contribution in [0.5, 0.6) is 11.5 Å². The van der Waals surface area contributed by atoms with Crippen molar-refractivity contribution in [1.29, 1.82) is 0 Å². The zero-order chi connectivity index (χ0) is 13.3. The number of hydrogen-bond acceptors (Lipinski definition) is 4. The van der Waals surface area contributed by atoms with E-state index in [1.807, 2.05) is 6.92 Å². The van der Waals surface area contributed by atoms with Gasteiger partial charge in [0.05, 0.1) is 6.10 Å². The highest BCUT2D eigenvalue weighted by molar-refractivity contribution is 5.95. The monoisotopic (exact) mass is 251 g/mol. The van der Waals surface area contributed by atoms with Crippen molar-refractivity contribution >= 4 is 5.91 Å². The first-order valence-corrected chi connectivity index (χ1v) is 5.97. The molecule has 0 aliphatic carbocycles. The van der Waals surface area contributed by atoms with Crippen molar-refractivity contribution in [2.45, 2.75) is 19.4 Å². The molecule has 1 aromatic rings. The summed E-state index contributed by atoms with van der Waals surface area (Å²) in [6, 6.07) is 3.79. The Balaban J connectivity index is 2.16. The number of benzene rings is 1. The molecule has 5 nitrogen and oxygen atoms in total. The topological polar surface area (TPSA) is 81.0 Å². The molecule has 2 unspecified atom stereocenters. The summed E-state index contributed by atoms with van der Waals surface area (Å²) in [4.78, 5) is 13.7. The fourth-order valence-corrected chi connectivity index (χ4v) is 2.13. The van der Waals surface area contributed by atoms with E-state index in [1.54, 1.807) is 4.90 Å². The van der Waals surface area contributed by atoms with E-state index in [0.717, 1.165) is 6.42 Å². The quantitative estimate of drug-likeness (QED) is 0.694. The first-order chi connectivity index (χ1) is 8.47. The predicted octanol–water partition coefficient (Wildman–Crippen LogP) is 0.941. The smallest absolute Gasteiger partial charge is 0.254 e. The van der Waals surface area contributed by atoms with E-state index in [2.05, 4.69) is 0 Å². The summed E-state index contributed by atoms with van der Waals surface area (Å²) >= 11 is 0. The summed E-state index contributed by atoms with van der Waals surface area (Å²) in [5.74, 6) is -0.396. The summed E-state index contributed by atoms with van der Waals surface area (Å²) in [6.45, 7) is 2.82. The lowest BCUT2D eigenvalue weighted by Gasteiger charge is -2.34. The minimum absolute atomic E-state index is 0.149. The summed E-state index contributed by atoms with van der Waals surface area (Å²) in [5.41, 5.74) is 0.231. The van der Waals surface area contributed by atoms with Gasteiger partial charge < -0.3 is 20.2 Å². The van der Waals surface area contributed by atoms with E-state index in [1.165, 1.54) is 18.2 Å². The molecule has 0 radical (unpaired) electrons. The van der Waals surface area contributed by atoms with Gasteiger partial charge in [0.15, 0.2) is 0 Å². The summed E-state index contributed by atoms with van der Waals surface area (Å²) in [5, 5.41) is 28.5. The van der Waals surface area contributed by atoms with Crippen LogP contribution in [0, 0.1) is 5.92 Å². The van der Waals surface area contributed by atoms with E-state index in [4.69, 9.17) is 0 Å². The van der Waals surface area contributed by atoms with Crippen molar-refractivity contribution in [3.8, 4) is 11.5 Å². The molecule has 5 heteroatoms. The second-order valence-electron chi connectivity index (χ2n) is 4.82. The third-order valence-corrected chi connectivity index (χ3v) is 3.36. The number of phenolic OH excluding ortho intramolecular Hbond substituents is 2. The first kappa shape index (κ1) is 12.7. The Kier molecular flexibility index (Phi) is 3.43. The maximum Gasteiger partial charge on any atom is 0.254 e. The largest absolute Gasteiger partial charge is 0.508 e. The molecule has 1 heterocycles. The lowest BCUT2D eigenvalue weighted by Crippen LogP contribution is -2.45. The Morgan fingerprint density at radius 3 is 2.44 bits per heavy atom. The molecule has 2 atom stereocenters. The van der Waals surface area contributed by atoms with Gasteiger partial charge in [-0.1, -0.05) is 6.92 Å². The van der Waals surface area contributed by atoms with E-state index in [-0.39, 0.29) is 35.4 Å². The molecule has 2 rings (SSSR count). The molecule has 1 aliphatic heterocycles. The van der Waals surface area contributed by atoms with Crippen LogP contribution in [0.15, 0.2) is 18.2 Å². The number of rotatable bonds is 1. The number of aliphatic hydroxyl groups excluding tert-OH is 1. The average molecular weight is 251 g/mol. The lowest BCUT2D eigenvalue weighted by atomic mass is 9.95. The highest BCUT2D eigenvalue weighted by Gasteiger charge is 2.28. The van der Waals surface area contributed by atoms with Crippen LogP contribution in [0.25, 0.3) is 0 Å². The molecule has 98 valence electrons. The van der Waals surface area contributed by atoms with Gasteiger partial charge in [0.1, 0.15) is 11.5 Å². The zero-order valence-corrected chi connectivity index (χ0v) is 10.2. The van der Waals surface area contributed by atoms with Gasteiger partial charge in [-0.2, -0.15) is 0 Å². The first-order valence-electron chi connectivity index (χ1n) is 5.97. The molecule has 0 aromatic heterocycles. The predicted molar refractivity (Wildman–Crippen MR) is 65.5 cm³/mol. The van der Waals surface area contributed by atoms with Crippen molar-refractivity contribution in [1.82, 2.24) is 4.90 Å². The highest BCUT2D eigenvalue weighted by Crippen LogP contribution is 2.24. The third-order valence-electron chi connectivity index (χ3n) is 3.36. The van der Waals surface area contributed by atoms with Gasteiger partial charge in [-0.15, -0.1) is 0 Å². The number of nitrogens with zero attached hydrogens (tertiary/aromatic N) is 1. The molecule has 0 spiro atoms. The molecule has 1 aromatic carbocycles. The SMILES string of the molecule is CC1CCN(C(=O)c2cc(O)cc(O)c2)CC1O. The summed E-state index contributed by atoms with van der Waals surface area (Å²) in [6.07, 6.45) is 0.228. The number of aliphatic hydroxyl groups is 1. The van der Waals surface area contributed by atoms with E-state index in [0.29, 0.717) is 6.54 Å². The summed E-state index contributed by atoms with van der Waals surface area (Å²) < 4.78 is 0. The molecular formula is C13H17NO4. The molecule has 1 saturated heterocycles. The number of amides is 1. The molecule has 1 fully saturated rings. The van der Waals surface area contributed by atoms with Crippen LogP contribution in [0.2, 0.25) is 0 Å². The van der Waals surface area contributed by atoms with Gasteiger partial charge >= 0.3 is 0 Å². The third kappa shape index (κ3) is 2.56. The molecule has 0 saturated carbocycles. The van der Waals surface area contributed by atoms with Crippen LogP contribution in [-0.4, -0.2) is 45.3 Å². The van der Waals surface area contributed by atoms with E-state index < -0.39 is 6.10 Å². The molecule has 1 aliphatic rings. The molecule has 1 amide bonds. The van der Waals surface area contributed by atoms with Crippen LogP contribution in [-0.2, 0) is 0 Å². The van der Waals surface area contributed by atoms with Gasteiger partial charge in [-0.3, -0.25) is 4.79 Å². The molecule has 0 bridgehead atoms. The Bertz CT molecular complexity index is 440. The highest BCUT2D eigenvalue weighted by atomic mass is 16.3. The lowest BCUT2D eigenvalue weighted by molar-refractivity contribution is 0.0248. The number of carbonyl (C=O) groups is 1. The maximum absolute atomic E-state index is 12.1. The van der Waals surface area contributed by atoms with Crippen LogP contribution >= 0.6 is 0 Å². The Morgan fingerprint density at radius 1 is 1.28 bits per heavy atom. The fraction of sp³-hybridized carbons (Fsp3) is 0.462. The number of hydrogen-bond donors (Lipinski definition) is 3. The Morgan fingerprint density at radius 2 is 1.89 bits per heavy atom. The average Bonchev–Trinajstić information content (AvgIpc) is 2.30. The number of carbonyl (C=O) groups excluding carboxylic acids is 1. The summed E-state index contributed by atoms with van der Waals surface area (Å²) in [7, 11) is 0. The number of piperidine rings is 1. The van der Waals surface area contributed by atoms with Crippen LogP contribution in [0.1, 0.15) is 23.7 Å². The molecule has 18 heavy (non-hydrogen) atoms. The fourth-order valence-electron chi connectivity index (χ4n) is 2.13. The minimum atomic E-state index is -0.520. The molecular weight excluding hydrogens is 234 g/mol. The van der Waals surface area contributed by atoms with Crippen LogP contribution in [0.4, 0.5) is 0 Å². The zero-order valence-electron chi connectivity index (χ0n) is 10.2. The minimum Gasteiger partial charge on any atom is -0.508 e. The van der Waals surface area contributed by atoms with Gasteiger partial charge in [0.2, 0.25) is 0 Å². The Hall–Kier alpha value is -1.75. The Labute approximate surface area is 105 Å². The van der Waals surface area contributed by atoms with Crippen LogP contribution in [0.3, 0.4) is 0 Å². The maximum atomic E-state index is 12.1. The second-order valence-corrected chi connectivity index (χ2v) is 4.82. The van der Waals surface area contributed by atoms with Crippen molar-refractivity contribution in [3.63, 3.8) is 0 Å². The number of likely N-dealkylation sites (tertiary alicyclic amines) is 1. The van der Waals surface area contributed by atoms with Crippen LogP contribution < -0.4 is 0 Å². The normalized spacial score (nSPS) is 24.0. The van der Waals surface area contributed by atoms with Crippen molar-refractivity contribution in [2.75, 3.05) is 13.1 Å². The number of phenols is 2.